The number of methoxy groups -OCH3 is 1. The fourth-order valence-electron chi connectivity index (χ4n) is 1.74. The summed E-state index contributed by atoms with van der Waals surface area (Å²) in [5.41, 5.74) is 0.884. The van der Waals surface area contributed by atoms with Gasteiger partial charge in [0.05, 0.1) is 6.10 Å². The van der Waals surface area contributed by atoms with Crippen LogP contribution in [0, 0.1) is 0 Å². The summed E-state index contributed by atoms with van der Waals surface area (Å²) in [6.07, 6.45) is 2.62. The van der Waals surface area contributed by atoms with Crippen molar-refractivity contribution in [2.24, 2.45) is 0 Å². The summed E-state index contributed by atoms with van der Waals surface area (Å²) >= 11 is 0. The van der Waals surface area contributed by atoms with Crippen LogP contribution in [0.2, 0.25) is 0 Å². The van der Waals surface area contributed by atoms with Gasteiger partial charge in [0.2, 0.25) is 0 Å². The maximum atomic E-state index is 10.4. The van der Waals surface area contributed by atoms with Crippen LogP contribution in [0.15, 0.2) is 11.6 Å². The first-order chi connectivity index (χ1) is 6.61. The zero-order chi connectivity index (χ0) is 10.6. The van der Waals surface area contributed by atoms with Crippen molar-refractivity contribution < 1.29 is 14.6 Å². The highest BCUT2D eigenvalue weighted by Gasteiger charge is 2.21. The molecule has 1 unspecified atom stereocenters. The molecule has 0 radical (unpaired) electrons. The minimum Gasteiger partial charge on any atom is -0.478 e. The van der Waals surface area contributed by atoms with Crippen molar-refractivity contribution in [3.05, 3.63) is 11.6 Å². The Kier molecular flexibility index (Phi) is 4.10. The van der Waals surface area contributed by atoms with Gasteiger partial charge < -0.3 is 9.84 Å². The lowest BCUT2D eigenvalue weighted by Gasteiger charge is -2.15. The molecule has 1 N–H and O–H groups in total. The van der Waals surface area contributed by atoms with Crippen LogP contribution in [0.25, 0.3) is 0 Å². The number of carboxylic acids is 1. The second-order valence-corrected chi connectivity index (χ2v) is 3.71. The van der Waals surface area contributed by atoms with Gasteiger partial charge in [0.15, 0.2) is 0 Å². The Morgan fingerprint density at radius 3 is 2.93 bits per heavy atom. The van der Waals surface area contributed by atoms with E-state index >= 15 is 0 Å². The number of carboxylic acid groups (broad SMARTS) is 1. The van der Waals surface area contributed by atoms with E-state index in [9.17, 15) is 4.79 Å². The molecule has 0 amide bonds. The first-order valence-electron chi connectivity index (χ1n) is 4.77. The number of likely N-dealkylation sites (tertiary alicyclic amines) is 1. The molecule has 0 spiro atoms. The van der Waals surface area contributed by atoms with Crippen LogP contribution in [0.1, 0.15) is 13.3 Å². The normalized spacial score (nSPS) is 24.1. The van der Waals surface area contributed by atoms with Gasteiger partial charge in [0, 0.05) is 32.8 Å². The predicted molar refractivity (Wildman–Crippen MR) is 53.2 cm³/mol. The molecule has 14 heavy (non-hydrogen) atoms. The number of carbonyl (C=O) groups is 1. The molecule has 1 saturated heterocycles. The van der Waals surface area contributed by atoms with Gasteiger partial charge in [0.25, 0.3) is 0 Å². The molecule has 0 aromatic carbocycles. The third kappa shape index (κ3) is 3.47. The van der Waals surface area contributed by atoms with Gasteiger partial charge in [-0.25, -0.2) is 4.79 Å². The molecule has 1 rings (SSSR count). The van der Waals surface area contributed by atoms with E-state index in [0.717, 1.165) is 31.6 Å². The summed E-state index contributed by atoms with van der Waals surface area (Å²) in [6, 6.07) is 0. The summed E-state index contributed by atoms with van der Waals surface area (Å²) in [6.45, 7) is 4.46. The van der Waals surface area contributed by atoms with E-state index in [2.05, 4.69) is 4.90 Å². The van der Waals surface area contributed by atoms with E-state index in [0.29, 0.717) is 6.10 Å². The number of ether oxygens (including phenoxy) is 1. The Hall–Kier alpha value is -0.870. The van der Waals surface area contributed by atoms with Crippen molar-refractivity contribution in [2.45, 2.75) is 19.4 Å². The molecule has 0 aliphatic carbocycles. The van der Waals surface area contributed by atoms with Gasteiger partial charge in [0.1, 0.15) is 0 Å². The number of aliphatic carboxylic acids is 1. The highest BCUT2D eigenvalue weighted by molar-refractivity contribution is 5.80. The minimum absolute atomic E-state index is 0.313. The fraction of sp³-hybridized carbons (Fsp3) is 0.700. The highest BCUT2D eigenvalue weighted by atomic mass is 16.5. The zero-order valence-electron chi connectivity index (χ0n) is 8.69. The molecule has 0 aromatic rings. The van der Waals surface area contributed by atoms with Gasteiger partial charge in [-0.3, -0.25) is 4.90 Å². The van der Waals surface area contributed by atoms with Crippen LogP contribution in [0.4, 0.5) is 0 Å². The third-order valence-corrected chi connectivity index (χ3v) is 2.41. The lowest BCUT2D eigenvalue weighted by atomic mass is 10.2. The number of hydrogen-bond donors (Lipinski definition) is 1. The Morgan fingerprint density at radius 1 is 1.71 bits per heavy atom. The lowest BCUT2D eigenvalue weighted by molar-refractivity contribution is -0.131. The van der Waals surface area contributed by atoms with Crippen molar-refractivity contribution in [1.29, 1.82) is 0 Å². The molecular weight excluding hydrogens is 182 g/mol. The van der Waals surface area contributed by atoms with Crippen molar-refractivity contribution in [2.75, 3.05) is 26.7 Å². The van der Waals surface area contributed by atoms with E-state index in [1.807, 2.05) is 6.92 Å². The molecule has 1 fully saturated rings. The fourth-order valence-corrected chi connectivity index (χ4v) is 1.74. The van der Waals surface area contributed by atoms with Crippen LogP contribution in [0.3, 0.4) is 0 Å². The standard InChI is InChI=1S/C10H17NO3/c1-8(5-10(12)13)6-11-4-3-9(7-11)14-2/h5,9H,3-4,6-7H2,1-2H3,(H,12,13). The van der Waals surface area contributed by atoms with Crippen LogP contribution in [-0.4, -0.2) is 48.8 Å². The minimum atomic E-state index is -0.870. The molecule has 1 aliphatic rings. The van der Waals surface area contributed by atoms with Gasteiger partial charge in [-0.15, -0.1) is 0 Å². The molecule has 1 atom stereocenters. The lowest BCUT2D eigenvalue weighted by Crippen LogP contribution is -2.24. The molecule has 0 saturated carbocycles. The van der Waals surface area contributed by atoms with Crippen molar-refractivity contribution in [3.63, 3.8) is 0 Å². The number of hydrogen-bond acceptors (Lipinski definition) is 3. The largest absolute Gasteiger partial charge is 0.478 e. The van der Waals surface area contributed by atoms with Crippen LogP contribution < -0.4 is 0 Å². The predicted octanol–water partition coefficient (Wildman–Crippen LogP) is 0.738. The molecule has 4 heteroatoms. The Morgan fingerprint density at radius 2 is 2.43 bits per heavy atom. The SMILES string of the molecule is COC1CCN(CC(C)=CC(=O)O)C1. The third-order valence-electron chi connectivity index (χ3n) is 2.41. The summed E-state index contributed by atoms with van der Waals surface area (Å²) < 4.78 is 5.23. The smallest absolute Gasteiger partial charge is 0.328 e. The molecule has 0 aromatic heterocycles. The first kappa shape index (κ1) is 11.2. The highest BCUT2D eigenvalue weighted by Crippen LogP contribution is 2.13. The van der Waals surface area contributed by atoms with Gasteiger partial charge >= 0.3 is 5.97 Å². The summed E-state index contributed by atoms with van der Waals surface area (Å²) in [7, 11) is 1.72. The van der Waals surface area contributed by atoms with Gasteiger partial charge in [-0.2, -0.15) is 0 Å². The average molecular weight is 199 g/mol. The van der Waals surface area contributed by atoms with E-state index in [4.69, 9.17) is 9.84 Å². The summed E-state index contributed by atoms with van der Waals surface area (Å²) in [5.74, 6) is -0.870. The van der Waals surface area contributed by atoms with E-state index in [1.165, 1.54) is 6.08 Å². The van der Waals surface area contributed by atoms with E-state index in [1.54, 1.807) is 7.11 Å². The molecule has 1 heterocycles. The average Bonchev–Trinajstić information content (AvgIpc) is 2.50. The maximum absolute atomic E-state index is 10.4. The Bertz CT molecular complexity index is 238. The maximum Gasteiger partial charge on any atom is 0.328 e. The summed E-state index contributed by atoms with van der Waals surface area (Å²) in [5, 5.41) is 8.54. The second kappa shape index (κ2) is 5.12. The van der Waals surface area contributed by atoms with E-state index in [-0.39, 0.29) is 0 Å². The van der Waals surface area contributed by atoms with Gasteiger partial charge in [-0.05, 0) is 13.3 Å². The number of rotatable bonds is 4. The van der Waals surface area contributed by atoms with Crippen molar-refractivity contribution in [3.8, 4) is 0 Å². The summed E-state index contributed by atoms with van der Waals surface area (Å²) in [4.78, 5) is 12.6. The van der Waals surface area contributed by atoms with Gasteiger partial charge in [-0.1, -0.05) is 5.57 Å². The van der Waals surface area contributed by atoms with Crippen molar-refractivity contribution in [1.82, 2.24) is 4.90 Å². The molecule has 0 bridgehead atoms. The topological polar surface area (TPSA) is 49.8 Å². The van der Waals surface area contributed by atoms with E-state index < -0.39 is 5.97 Å². The second-order valence-electron chi connectivity index (χ2n) is 3.71. The molecule has 1 aliphatic heterocycles. The Balaban J connectivity index is 2.35. The molecule has 4 nitrogen and oxygen atoms in total. The molecule has 80 valence electrons. The number of nitrogens with zero attached hydrogens (tertiary/aromatic N) is 1. The van der Waals surface area contributed by atoms with Crippen LogP contribution in [-0.2, 0) is 9.53 Å². The first-order valence-corrected chi connectivity index (χ1v) is 4.77. The molecular formula is C10H17NO3. The monoisotopic (exact) mass is 199 g/mol. The Labute approximate surface area is 84.2 Å². The quantitative estimate of drug-likeness (QED) is 0.678. The van der Waals surface area contributed by atoms with Crippen LogP contribution in [0.5, 0.6) is 0 Å². The van der Waals surface area contributed by atoms with Crippen LogP contribution >= 0.6 is 0 Å². The zero-order valence-corrected chi connectivity index (χ0v) is 8.69. The van der Waals surface area contributed by atoms with Crippen molar-refractivity contribution >= 4 is 5.97 Å².